The molecule has 0 bridgehead atoms. The van der Waals surface area contributed by atoms with Gasteiger partial charge in [0, 0.05) is 17.3 Å². The summed E-state index contributed by atoms with van der Waals surface area (Å²) < 4.78 is 18.0. The molecule has 0 saturated heterocycles. The van der Waals surface area contributed by atoms with E-state index in [1.54, 1.807) is 18.2 Å². The van der Waals surface area contributed by atoms with Gasteiger partial charge in [-0.1, -0.05) is 30.3 Å². The lowest BCUT2D eigenvalue weighted by molar-refractivity contribution is 0.104. The molecule has 1 N–H and O–H groups in total. The van der Waals surface area contributed by atoms with Crippen molar-refractivity contribution >= 4 is 11.9 Å². The Morgan fingerprint density at radius 1 is 1.15 bits per heavy atom. The van der Waals surface area contributed by atoms with Crippen molar-refractivity contribution in [2.75, 3.05) is 7.11 Å². The number of hydrogen-bond donors (Lipinski definition) is 1. The van der Waals surface area contributed by atoms with E-state index < -0.39 is 5.95 Å². The number of benzene rings is 2. The third-order valence-corrected chi connectivity index (χ3v) is 3.88. The maximum absolute atomic E-state index is 13.0. The lowest BCUT2D eigenvalue weighted by Crippen LogP contribution is -1.95. The molecule has 2 aromatic carbocycles. The molecule has 1 heterocycles. The van der Waals surface area contributed by atoms with E-state index in [0.717, 1.165) is 16.7 Å². The summed E-state index contributed by atoms with van der Waals surface area (Å²) in [6, 6.07) is 14.9. The fourth-order valence-electron chi connectivity index (χ4n) is 2.55. The summed E-state index contributed by atoms with van der Waals surface area (Å²) in [4.78, 5) is 16.0. The summed E-state index contributed by atoms with van der Waals surface area (Å²) in [5.41, 5.74) is 2.73. The summed E-state index contributed by atoms with van der Waals surface area (Å²) in [6.45, 7) is 0. The Morgan fingerprint density at radius 3 is 2.65 bits per heavy atom. The number of carbonyl (C=O) groups excluding carboxylic acids is 1. The first-order chi connectivity index (χ1) is 12.6. The molecule has 1 aromatic heterocycles. The van der Waals surface area contributed by atoms with Gasteiger partial charge in [-0.25, -0.2) is 4.98 Å². The first kappa shape index (κ1) is 17.4. The summed E-state index contributed by atoms with van der Waals surface area (Å²) in [7, 11) is 1.44. The second-order valence-electron chi connectivity index (χ2n) is 5.54. The quantitative estimate of drug-likeness (QED) is 0.419. The zero-order chi connectivity index (χ0) is 18.5. The lowest BCUT2D eigenvalue weighted by atomic mass is 10.00. The predicted octanol–water partition coefficient (Wildman–Crippen LogP) is 4.50. The van der Waals surface area contributed by atoms with E-state index in [4.69, 9.17) is 4.74 Å². The standard InChI is InChI=1S/C21H16FNO3/c1-26-20-10-7-15(12-19(20)25)18(24)9-6-14-4-2-3-5-17(14)16-8-11-21(22)23-13-16/h2-13,25H,1H3/b9-6+. The van der Waals surface area contributed by atoms with Gasteiger partial charge in [0.05, 0.1) is 7.11 Å². The second-order valence-corrected chi connectivity index (χ2v) is 5.54. The third kappa shape index (κ3) is 3.78. The van der Waals surface area contributed by atoms with Crippen molar-refractivity contribution < 1.29 is 19.0 Å². The van der Waals surface area contributed by atoms with Crippen LogP contribution in [0.3, 0.4) is 0 Å². The molecule has 3 rings (SSSR count). The van der Waals surface area contributed by atoms with Gasteiger partial charge in [-0.3, -0.25) is 4.79 Å². The van der Waals surface area contributed by atoms with Crippen LogP contribution in [-0.4, -0.2) is 23.0 Å². The van der Waals surface area contributed by atoms with Gasteiger partial charge in [0.25, 0.3) is 0 Å². The number of hydrogen-bond acceptors (Lipinski definition) is 4. The van der Waals surface area contributed by atoms with E-state index in [2.05, 4.69) is 4.98 Å². The van der Waals surface area contributed by atoms with E-state index >= 15 is 0 Å². The predicted molar refractivity (Wildman–Crippen MR) is 97.7 cm³/mol. The van der Waals surface area contributed by atoms with Gasteiger partial charge < -0.3 is 9.84 Å². The second kappa shape index (κ2) is 7.61. The van der Waals surface area contributed by atoms with Gasteiger partial charge in [0.15, 0.2) is 17.3 Å². The first-order valence-electron chi connectivity index (χ1n) is 7.89. The molecule has 0 atom stereocenters. The topological polar surface area (TPSA) is 59.4 Å². The molecule has 4 nitrogen and oxygen atoms in total. The van der Waals surface area contributed by atoms with Gasteiger partial charge in [0.1, 0.15) is 0 Å². The smallest absolute Gasteiger partial charge is 0.212 e. The van der Waals surface area contributed by atoms with Crippen LogP contribution in [0.1, 0.15) is 15.9 Å². The van der Waals surface area contributed by atoms with Crippen LogP contribution in [-0.2, 0) is 0 Å². The SMILES string of the molecule is COc1ccc(C(=O)/C=C/c2ccccc2-c2ccc(F)nc2)cc1O. The minimum atomic E-state index is -0.545. The minimum Gasteiger partial charge on any atom is -0.504 e. The van der Waals surface area contributed by atoms with E-state index in [1.165, 1.54) is 37.6 Å². The summed E-state index contributed by atoms with van der Waals surface area (Å²) >= 11 is 0. The molecular formula is C21H16FNO3. The van der Waals surface area contributed by atoms with Crippen LogP contribution in [0.5, 0.6) is 11.5 Å². The number of pyridine rings is 1. The molecule has 0 unspecified atom stereocenters. The molecule has 0 spiro atoms. The molecule has 0 fully saturated rings. The summed E-state index contributed by atoms with van der Waals surface area (Å²) in [6.07, 6.45) is 4.56. The number of aromatic nitrogens is 1. The molecule has 3 aromatic rings. The first-order valence-corrected chi connectivity index (χ1v) is 7.89. The number of phenols is 1. The number of ketones is 1. The van der Waals surface area contributed by atoms with Crippen LogP contribution in [0.25, 0.3) is 17.2 Å². The van der Waals surface area contributed by atoms with Crippen LogP contribution >= 0.6 is 0 Å². The molecule has 0 saturated carbocycles. The highest BCUT2D eigenvalue weighted by atomic mass is 19.1. The highest BCUT2D eigenvalue weighted by molar-refractivity contribution is 6.07. The van der Waals surface area contributed by atoms with E-state index in [0.29, 0.717) is 11.3 Å². The minimum absolute atomic E-state index is 0.0930. The molecule has 0 amide bonds. The Hall–Kier alpha value is -3.47. The highest BCUT2D eigenvalue weighted by Gasteiger charge is 2.08. The summed E-state index contributed by atoms with van der Waals surface area (Å²) in [5.74, 6) is -0.588. The fraction of sp³-hybridized carbons (Fsp3) is 0.0476. The van der Waals surface area contributed by atoms with Crippen LogP contribution in [0, 0.1) is 5.95 Å². The maximum Gasteiger partial charge on any atom is 0.212 e. The van der Waals surface area contributed by atoms with Crippen molar-refractivity contribution in [3.63, 3.8) is 0 Å². The molecule has 0 aliphatic rings. The molecule has 5 heteroatoms. The number of allylic oxidation sites excluding steroid dienone is 1. The molecule has 0 radical (unpaired) electrons. The van der Waals surface area contributed by atoms with Gasteiger partial charge >= 0.3 is 0 Å². The number of rotatable bonds is 5. The largest absolute Gasteiger partial charge is 0.504 e. The number of nitrogens with zero attached hydrogens (tertiary/aromatic N) is 1. The highest BCUT2D eigenvalue weighted by Crippen LogP contribution is 2.27. The molecule has 0 aliphatic heterocycles. The van der Waals surface area contributed by atoms with Crippen LogP contribution in [0.2, 0.25) is 0 Å². The van der Waals surface area contributed by atoms with Gasteiger partial charge in [-0.2, -0.15) is 4.39 Å². The van der Waals surface area contributed by atoms with Crippen molar-refractivity contribution in [2.45, 2.75) is 0 Å². The monoisotopic (exact) mass is 349 g/mol. The molecule has 130 valence electrons. The number of phenolic OH excluding ortho intramolecular Hbond substituents is 1. The number of carbonyl (C=O) groups is 1. The third-order valence-electron chi connectivity index (χ3n) is 3.88. The molecule has 26 heavy (non-hydrogen) atoms. The maximum atomic E-state index is 13.0. The number of ether oxygens (including phenoxy) is 1. The van der Waals surface area contributed by atoms with Gasteiger partial charge in [-0.15, -0.1) is 0 Å². The van der Waals surface area contributed by atoms with E-state index in [1.807, 2.05) is 24.3 Å². The van der Waals surface area contributed by atoms with Crippen LogP contribution in [0.15, 0.2) is 66.9 Å². The summed E-state index contributed by atoms with van der Waals surface area (Å²) in [5, 5.41) is 9.80. The Balaban J connectivity index is 1.88. The van der Waals surface area contributed by atoms with Crippen LogP contribution < -0.4 is 4.74 Å². The zero-order valence-electron chi connectivity index (χ0n) is 14.0. The Morgan fingerprint density at radius 2 is 1.96 bits per heavy atom. The normalized spacial score (nSPS) is 10.8. The van der Waals surface area contributed by atoms with Crippen molar-refractivity contribution in [3.05, 3.63) is 83.9 Å². The van der Waals surface area contributed by atoms with E-state index in [9.17, 15) is 14.3 Å². The Kier molecular flexibility index (Phi) is 5.08. The zero-order valence-corrected chi connectivity index (χ0v) is 14.0. The van der Waals surface area contributed by atoms with Crippen LogP contribution in [0.4, 0.5) is 4.39 Å². The van der Waals surface area contributed by atoms with Gasteiger partial charge in [0.2, 0.25) is 5.95 Å². The molecule has 0 aliphatic carbocycles. The average molecular weight is 349 g/mol. The van der Waals surface area contributed by atoms with Crippen molar-refractivity contribution in [3.8, 4) is 22.6 Å². The van der Waals surface area contributed by atoms with E-state index in [-0.39, 0.29) is 11.5 Å². The lowest BCUT2D eigenvalue weighted by Gasteiger charge is -2.06. The fourth-order valence-corrected chi connectivity index (χ4v) is 2.55. The number of halogens is 1. The van der Waals surface area contributed by atoms with Gasteiger partial charge in [-0.05, 0) is 47.5 Å². The Bertz CT molecular complexity index is 965. The van der Waals surface area contributed by atoms with Crippen molar-refractivity contribution in [2.24, 2.45) is 0 Å². The van der Waals surface area contributed by atoms with Crippen molar-refractivity contribution in [1.82, 2.24) is 4.98 Å². The average Bonchev–Trinajstić information content (AvgIpc) is 2.67. The number of aromatic hydroxyl groups is 1. The Labute approximate surface area is 150 Å². The number of methoxy groups -OCH3 is 1. The molecular weight excluding hydrogens is 333 g/mol. The van der Waals surface area contributed by atoms with Crippen molar-refractivity contribution in [1.29, 1.82) is 0 Å².